The van der Waals surface area contributed by atoms with Crippen LogP contribution in [0.1, 0.15) is 57.2 Å². The van der Waals surface area contributed by atoms with E-state index in [0.717, 1.165) is 23.5 Å². The van der Waals surface area contributed by atoms with Crippen molar-refractivity contribution in [1.29, 1.82) is 0 Å². The Kier molecular flexibility index (Phi) is 4.17. The van der Waals surface area contributed by atoms with Gasteiger partial charge in [0.25, 0.3) is 0 Å². The summed E-state index contributed by atoms with van der Waals surface area (Å²) in [5.74, 6) is 0.325. The second-order valence-corrected chi connectivity index (χ2v) is 8.74. The van der Waals surface area contributed by atoms with Gasteiger partial charge in [0.1, 0.15) is 16.2 Å². The number of thiazole rings is 1. The van der Waals surface area contributed by atoms with Gasteiger partial charge < -0.3 is 14.7 Å². The molecule has 2 heterocycles. The zero-order chi connectivity index (χ0) is 16.8. The summed E-state index contributed by atoms with van der Waals surface area (Å²) in [4.78, 5) is 18.8. The Morgan fingerprint density at radius 1 is 1.48 bits per heavy atom. The number of carbonyl (C=O) groups excluding carboxylic acids is 1. The maximum atomic E-state index is 12.5. The van der Waals surface area contributed by atoms with Gasteiger partial charge >= 0.3 is 6.09 Å². The highest BCUT2D eigenvalue weighted by molar-refractivity contribution is 7.09. The lowest BCUT2D eigenvalue weighted by Gasteiger charge is -2.38. The smallest absolute Gasteiger partial charge is 0.410 e. The van der Waals surface area contributed by atoms with E-state index in [9.17, 15) is 9.90 Å². The topological polar surface area (TPSA) is 62.7 Å². The lowest BCUT2D eigenvalue weighted by Crippen LogP contribution is -2.48. The molecule has 1 saturated carbocycles. The van der Waals surface area contributed by atoms with Gasteiger partial charge in [-0.3, -0.25) is 0 Å². The van der Waals surface area contributed by atoms with E-state index < -0.39 is 11.2 Å². The summed E-state index contributed by atoms with van der Waals surface area (Å²) in [5.41, 5.74) is -0.457. The Morgan fingerprint density at radius 2 is 2.22 bits per heavy atom. The molecule has 5 nitrogen and oxygen atoms in total. The summed E-state index contributed by atoms with van der Waals surface area (Å²) in [6, 6.07) is 0.0489. The SMILES string of the molecule is Cc1csc(C2(O)CC3CCCN(C(=O)OC(C)(C)C)C3C2)n1. The van der Waals surface area contributed by atoms with Crippen molar-refractivity contribution in [2.45, 2.75) is 70.6 Å². The van der Waals surface area contributed by atoms with E-state index in [1.165, 1.54) is 11.3 Å². The van der Waals surface area contributed by atoms with Crippen LogP contribution in [0.15, 0.2) is 5.38 Å². The Balaban J connectivity index is 1.79. The second kappa shape index (κ2) is 5.74. The number of fused-ring (bicyclic) bond motifs is 1. The fourth-order valence-corrected chi connectivity index (χ4v) is 4.72. The van der Waals surface area contributed by atoms with Crippen LogP contribution in [0.25, 0.3) is 0 Å². The van der Waals surface area contributed by atoms with Crippen LogP contribution in [0.4, 0.5) is 4.79 Å². The molecule has 3 atom stereocenters. The van der Waals surface area contributed by atoms with Gasteiger partial charge in [0, 0.05) is 30.1 Å². The molecule has 3 unspecified atom stereocenters. The first-order valence-electron chi connectivity index (χ1n) is 8.32. The number of likely N-dealkylation sites (tertiary alicyclic amines) is 1. The van der Waals surface area contributed by atoms with Gasteiger partial charge in [-0.05, 0) is 52.9 Å². The van der Waals surface area contributed by atoms with E-state index in [1.807, 2.05) is 38.0 Å². The van der Waals surface area contributed by atoms with Crippen molar-refractivity contribution in [3.05, 3.63) is 16.1 Å². The molecule has 1 aromatic heterocycles. The lowest BCUT2D eigenvalue weighted by atomic mass is 9.92. The fourth-order valence-electron chi connectivity index (χ4n) is 3.80. The molecule has 6 heteroatoms. The molecular formula is C17H26N2O3S. The fraction of sp³-hybridized carbons (Fsp3) is 0.765. The maximum absolute atomic E-state index is 12.5. The van der Waals surface area contributed by atoms with Crippen LogP contribution in [0.5, 0.6) is 0 Å². The monoisotopic (exact) mass is 338 g/mol. The molecule has 1 aliphatic heterocycles. The number of rotatable bonds is 1. The second-order valence-electron chi connectivity index (χ2n) is 7.88. The summed E-state index contributed by atoms with van der Waals surface area (Å²) in [7, 11) is 0. The minimum absolute atomic E-state index is 0.0489. The number of piperidine rings is 1. The molecule has 1 aromatic rings. The Labute approximate surface area is 141 Å². The average molecular weight is 338 g/mol. The van der Waals surface area contributed by atoms with Crippen LogP contribution in [-0.4, -0.2) is 39.3 Å². The highest BCUT2D eigenvalue weighted by atomic mass is 32.1. The average Bonchev–Trinajstić information content (AvgIpc) is 2.99. The number of aryl methyl sites for hydroxylation is 1. The van der Waals surface area contributed by atoms with Gasteiger partial charge in [-0.15, -0.1) is 11.3 Å². The zero-order valence-electron chi connectivity index (χ0n) is 14.3. The van der Waals surface area contributed by atoms with Crippen LogP contribution in [0.2, 0.25) is 0 Å². The summed E-state index contributed by atoms with van der Waals surface area (Å²) < 4.78 is 5.56. The quantitative estimate of drug-likeness (QED) is 0.852. The van der Waals surface area contributed by atoms with Gasteiger partial charge in [0.2, 0.25) is 0 Å². The molecule has 1 amide bonds. The van der Waals surface area contributed by atoms with Gasteiger partial charge in [0.05, 0.1) is 0 Å². The minimum Gasteiger partial charge on any atom is -0.444 e. The number of aromatic nitrogens is 1. The van der Waals surface area contributed by atoms with E-state index in [2.05, 4.69) is 4.98 Å². The van der Waals surface area contributed by atoms with Crippen molar-refractivity contribution in [2.24, 2.45) is 5.92 Å². The first-order chi connectivity index (χ1) is 10.7. The number of aliphatic hydroxyl groups is 1. The van der Waals surface area contributed by atoms with Crippen molar-refractivity contribution in [3.63, 3.8) is 0 Å². The molecule has 1 aliphatic carbocycles. The third-order valence-electron chi connectivity index (χ3n) is 4.71. The molecule has 2 fully saturated rings. The number of ether oxygens (including phenoxy) is 1. The van der Waals surface area contributed by atoms with Crippen molar-refractivity contribution >= 4 is 17.4 Å². The Bertz CT molecular complexity index is 595. The molecule has 128 valence electrons. The van der Waals surface area contributed by atoms with Crippen LogP contribution in [0.3, 0.4) is 0 Å². The summed E-state index contributed by atoms with van der Waals surface area (Å²) in [6.07, 6.45) is 3.00. The molecule has 23 heavy (non-hydrogen) atoms. The van der Waals surface area contributed by atoms with Crippen LogP contribution in [-0.2, 0) is 10.3 Å². The predicted molar refractivity (Wildman–Crippen MR) is 89.4 cm³/mol. The van der Waals surface area contributed by atoms with Gasteiger partial charge in [0.15, 0.2) is 0 Å². The van der Waals surface area contributed by atoms with Crippen LogP contribution >= 0.6 is 11.3 Å². The molecule has 3 rings (SSSR count). The molecular weight excluding hydrogens is 312 g/mol. The molecule has 0 aromatic carbocycles. The summed E-state index contributed by atoms with van der Waals surface area (Å²) in [5, 5.41) is 13.9. The van der Waals surface area contributed by atoms with E-state index in [0.29, 0.717) is 25.3 Å². The molecule has 1 saturated heterocycles. The molecule has 1 N–H and O–H groups in total. The van der Waals surface area contributed by atoms with Crippen molar-refractivity contribution in [1.82, 2.24) is 9.88 Å². The van der Waals surface area contributed by atoms with E-state index in [1.54, 1.807) is 0 Å². The normalized spacial score (nSPS) is 31.1. The van der Waals surface area contributed by atoms with Crippen LogP contribution in [0, 0.1) is 12.8 Å². The summed E-state index contributed by atoms with van der Waals surface area (Å²) in [6.45, 7) is 8.31. The van der Waals surface area contributed by atoms with Crippen molar-refractivity contribution < 1.29 is 14.6 Å². The van der Waals surface area contributed by atoms with E-state index >= 15 is 0 Å². The third kappa shape index (κ3) is 3.38. The number of hydrogen-bond acceptors (Lipinski definition) is 5. The molecule has 0 radical (unpaired) electrons. The zero-order valence-corrected chi connectivity index (χ0v) is 15.2. The number of nitrogens with zero attached hydrogens (tertiary/aromatic N) is 2. The predicted octanol–water partition coefficient (Wildman–Crippen LogP) is 3.45. The Hall–Kier alpha value is -1.14. The van der Waals surface area contributed by atoms with Gasteiger partial charge in [-0.2, -0.15) is 0 Å². The minimum atomic E-state index is -0.904. The first-order valence-corrected chi connectivity index (χ1v) is 9.20. The Morgan fingerprint density at radius 3 is 2.83 bits per heavy atom. The highest BCUT2D eigenvalue weighted by Gasteiger charge is 2.51. The molecule has 0 bridgehead atoms. The lowest BCUT2D eigenvalue weighted by molar-refractivity contribution is 0.000969. The maximum Gasteiger partial charge on any atom is 0.410 e. The van der Waals surface area contributed by atoms with Crippen molar-refractivity contribution in [2.75, 3.05) is 6.54 Å². The summed E-state index contributed by atoms with van der Waals surface area (Å²) >= 11 is 1.51. The first kappa shape index (κ1) is 16.7. The molecule has 2 aliphatic rings. The standard InChI is InChI=1S/C17H26N2O3S/c1-11-10-23-14(18-11)17(21)8-12-6-5-7-19(13(12)9-17)15(20)22-16(2,3)4/h10,12-13,21H,5-9H2,1-4H3. The third-order valence-corrected chi connectivity index (χ3v) is 5.86. The number of amides is 1. The van der Waals surface area contributed by atoms with Crippen molar-refractivity contribution in [3.8, 4) is 0 Å². The van der Waals surface area contributed by atoms with E-state index in [4.69, 9.17) is 4.74 Å². The number of carbonyl (C=O) groups is 1. The molecule has 0 spiro atoms. The largest absolute Gasteiger partial charge is 0.444 e. The van der Waals surface area contributed by atoms with Crippen LogP contribution < -0.4 is 0 Å². The van der Waals surface area contributed by atoms with Gasteiger partial charge in [-0.1, -0.05) is 0 Å². The number of hydrogen-bond donors (Lipinski definition) is 1. The van der Waals surface area contributed by atoms with Gasteiger partial charge in [-0.25, -0.2) is 9.78 Å². The van der Waals surface area contributed by atoms with E-state index in [-0.39, 0.29) is 12.1 Å². The highest BCUT2D eigenvalue weighted by Crippen LogP contribution is 2.48.